The Morgan fingerprint density at radius 3 is 2.94 bits per heavy atom. The number of nitrogens with one attached hydrogen (secondary N) is 1. The predicted octanol–water partition coefficient (Wildman–Crippen LogP) is 2.11. The first-order valence-electron chi connectivity index (χ1n) is 5.06. The Bertz CT molecular complexity index is 516. The maximum absolute atomic E-state index is 12.1. The summed E-state index contributed by atoms with van der Waals surface area (Å²) in [6.07, 6.45) is 3.42. The molecule has 4 nitrogen and oxygen atoms in total. The van der Waals surface area contributed by atoms with Crippen LogP contribution in [-0.4, -0.2) is 15.6 Å². The highest BCUT2D eigenvalue weighted by Gasteiger charge is 2.06. The number of rotatable bonds is 3. The molecule has 0 aliphatic rings. The summed E-state index contributed by atoms with van der Waals surface area (Å²) in [4.78, 5) is 16.2. The molecule has 84 valence electrons. The van der Waals surface area contributed by atoms with E-state index in [4.69, 9.17) is 0 Å². The Morgan fingerprint density at radius 2 is 2.31 bits per heavy atom. The van der Waals surface area contributed by atoms with E-state index in [2.05, 4.69) is 10.3 Å². The molecule has 0 unspecified atom stereocenters. The van der Waals surface area contributed by atoms with Gasteiger partial charge in [0.25, 0.3) is 5.56 Å². The number of anilines is 1. The van der Waals surface area contributed by atoms with Crippen molar-refractivity contribution < 1.29 is 0 Å². The van der Waals surface area contributed by atoms with Gasteiger partial charge in [0.1, 0.15) is 5.69 Å². The van der Waals surface area contributed by atoms with Crippen LogP contribution >= 0.6 is 11.3 Å². The maximum atomic E-state index is 12.1. The van der Waals surface area contributed by atoms with Crippen molar-refractivity contribution in [3.05, 3.63) is 40.3 Å². The van der Waals surface area contributed by atoms with E-state index in [-0.39, 0.29) is 11.6 Å². The molecule has 0 radical (unpaired) electrons. The van der Waals surface area contributed by atoms with Crippen LogP contribution in [0, 0.1) is 0 Å². The summed E-state index contributed by atoms with van der Waals surface area (Å²) >= 11 is 1.44. The lowest BCUT2D eigenvalue weighted by molar-refractivity contribution is 0.882. The fraction of sp³-hybridized carbons (Fsp3) is 0.273. The molecule has 0 saturated carbocycles. The van der Waals surface area contributed by atoms with Crippen molar-refractivity contribution in [1.82, 2.24) is 9.55 Å². The average molecular weight is 235 g/mol. The standard InChI is InChI=1S/C11H13N3OS/c1-8(2)13-9-4-3-6-14(10(9)15)11-12-5-7-16-11/h3-8,13H,1-2H3. The Balaban J connectivity index is 2.45. The molecule has 0 spiro atoms. The first kappa shape index (κ1) is 10.9. The average Bonchev–Trinajstić information content (AvgIpc) is 2.73. The molecule has 0 saturated heterocycles. The Morgan fingerprint density at radius 1 is 1.50 bits per heavy atom. The van der Waals surface area contributed by atoms with Crippen molar-refractivity contribution in [3.63, 3.8) is 0 Å². The van der Waals surface area contributed by atoms with Gasteiger partial charge in [-0.25, -0.2) is 4.98 Å². The third-order valence-corrected chi connectivity index (χ3v) is 2.79. The molecule has 2 heterocycles. The number of thiazole rings is 1. The van der Waals surface area contributed by atoms with Crippen LogP contribution < -0.4 is 10.9 Å². The molecule has 0 aliphatic carbocycles. The molecular weight excluding hydrogens is 222 g/mol. The quantitative estimate of drug-likeness (QED) is 0.886. The van der Waals surface area contributed by atoms with E-state index in [0.717, 1.165) is 0 Å². The molecule has 0 aromatic carbocycles. The molecule has 0 aliphatic heterocycles. The molecule has 2 aromatic rings. The zero-order valence-electron chi connectivity index (χ0n) is 9.18. The molecule has 2 aromatic heterocycles. The molecule has 0 atom stereocenters. The highest BCUT2D eigenvalue weighted by Crippen LogP contribution is 2.10. The number of hydrogen-bond acceptors (Lipinski definition) is 4. The molecule has 1 N–H and O–H groups in total. The number of hydrogen-bond donors (Lipinski definition) is 1. The van der Waals surface area contributed by atoms with Crippen LogP contribution in [0.2, 0.25) is 0 Å². The van der Waals surface area contributed by atoms with Crippen LogP contribution in [0.15, 0.2) is 34.7 Å². The topological polar surface area (TPSA) is 46.9 Å². The second-order valence-corrected chi connectivity index (χ2v) is 4.58. The predicted molar refractivity (Wildman–Crippen MR) is 66.5 cm³/mol. The van der Waals surface area contributed by atoms with Crippen molar-refractivity contribution in [3.8, 4) is 5.13 Å². The maximum Gasteiger partial charge on any atom is 0.280 e. The van der Waals surface area contributed by atoms with E-state index in [9.17, 15) is 4.79 Å². The number of nitrogens with zero attached hydrogens (tertiary/aromatic N) is 2. The molecule has 5 heteroatoms. The third-order valence-electron chi connectivity index (χ3n) is 2.02. The van der Waals surface area contributed by atoms with E-state index in [1.165, 1.54) is 11.3 Å². The smallest absolute Gasteiger partial charge is 0.280 e. The Labute approximate surface area is 97.6 Å². The van der Waals surface area contributed by atoms with E-state index in [0.29, 0.717) is 10.8 Å². The first-order chi connectivity index (χ1) is 7.68. The first-order valence-corrected chi connectivity index (χ1v) is 5.94. The van der Waals surface area contributed by atoms with Crippen LogP contribution in [0.5, 0.6) is 0 Å². The van der Waals surface area contributed by atoms with Crippen LogP contribution in [-0.2, 0) is 0 Å². The van der Waals surface area contributed by atoms with E-state index >= 15 is 0 Å². The van der Waals surface area contributed by atoms with Crippen LogP contribution in [0.3, 0.4) is 0 Å². The summed E-state index contributed by atoms with van der Waals surface area (Å²) in [5.74, 6) is 0. The van der Waals surface area contributed by atoms with Gasteiger partial charge in [0.05, 0.1) is 0 Å². The second kappa shape index (κ2) is 4.49. The third kappa shape index (κ3) is 2.14. The van der Waals surface area contributed by atoms with Crippen molar-refractivity contribution >= 4 is 17.0 Å². The van der Waals surface area contributed by atoms with Gasteiger partial charge in [-0.15, -0.1) is 11.3 Å². The molecule has 0 amide bonds. The summed E-state index contributed by atoms with van der Waals surface area (Å²) in [5, 5.41) is 5.66. The molecule has 0 fully saturated rings. The summed E-state index contributed by atoms with van der Waals surface area (Å²) in [6.45, 7) is 4.00. The largest absolute Gasteiger partial charge is 0.378 e. The fourth-order valence-corrected chi connectivity index (χ4v) is 2.02. The molecular formula is C11H13N3OS. The van der Waals surface area contributed by atoms with Gasteiger partial charge >= 0.3 is 0 Å². The minimum atomic E-state index is -0.0637. The lowest BCUT2D eigenvalue weighted by Gasteiger charge is -2.10. The zero-order chi connectivity index (χ0) is 11.5. The van der Waals surface area contributed by atoms with Gasteiger partial charge in [-0.1, -0.05) is 0 Å². The van der Waals surface area contributed by atoms with Gasteiger partial charge < -0.3 is 5.32 Å². The van der Waals surface area contributed by atoms with Crippen molar-refractivity contribution in [1.29, 1.82) is 0 Å². The summed E-state index contributed by atoms with van der Waals surface area (Å²) in [6, 6.07) is 3.86. The number of aromatic nitrogens is 2. The summed E-state index contributed by atoms with van der Waals surface area (Å²) in [7, 11) is 0. The Hall–Kier alpha value is -1.62. The normalized spacial score (nSPS) is 10.7. The molecule has 0 bridgehead atoms. The van der Waals surface area contributed by atoms with Gasteiger partial charge in [-0.05, 0) is 26.0 Å². The molecule has 16 heavy (non-hydrogen) atoms. The van der Waals surface area contributed by atoms with Crippen molar-refractivity contribution in [2.45, 2.75) is 19.9 Å². The van der Waals surface area contributed by atoms with Gasteiger partial charge in [-0.3, -0.25) is 9.36 Å². The second-order valence-electron chi connectivity index (χ2n) is 3.71. The van der Waals surface area contributed by atoms with E-state index in [1.54, 1.807) is 23.0 Å². The van der Waals surface area contributed by atoms with Crippen LogP contribution in [0.25, 0.3) is 5.13 Å². The van der Waals surface area contributed by atoms with Gasteiger partial charge in [0, 0.05) is 23.8 Å². The monoisotopic (exact) mass is 235 g/mol. The Kier molecular flexibility index (Phi) is 3.05. The minimum absolute atomic E-state index is 0.0637. The highest BCUT2D eigenvalue weighted by atomic mass is 32.1. The fourth-order valence-electron chi connectivity index (χ4n) is 1.40. The van der Waals surface area contributed by atoms with E-state index in [1.807, 2.05) is 25.3 Å². The van der Waals surface area contributed by atoms with Gasteiger partial charge in [0.15, 0.2) is 5.13 Å². The lowest BCUT2D eigenvalue weighted by Crippen LogP contribution is -2.24. The lowest BCUT2D eigenvalue weighted by atomic mass is 10.3. The van der Waals surface area contributed by atoms with Gasteiger partial charge in [-0.2, -0.15) is 0 Å². The van der Waals surface area contributed by atoms with Crippen molar-refractivity contribution in [2.24, 2.45) is 0 Å². The highest BCUT2D eigenvalue weighted by molar-refractivity contribution is 7.12. The van der Waals surface area contributed by atoms with Crippen LogP contribution in [0.1, 0.15) is 13.8 Å². The summed E-state index contributed by atoms with van der Waals surface area (Å²) < 4.78 is 1.55. The van der Waals surface area contributed by atoms with Crippen LogP contribution in [0.4, 0.5) is 5.69 Å². The zero-order valence-corrected chi connectivity index (χ0v) is 9.99. The van der Waals surface area contributed by atoms with Gasteiger partial charge in [0.2, 0.25) is 0 Å². The SMILES string of the molecule is CC(C)Nc1cccn(-c2nccs2)c1=O. The van der Waals surface area contributed by atoms with Crippen molar-refractivity contribution in [2.75, 3.05) is 5.32 Å². The minimum Gasteiger partial charge on any atom is -0.378 e. The number of pyridine rings is 1. The summed E-state index contributed by atoms with van der Waals surface area (Å²) in [5.41, 5.74) is 0.541. The molecule has 2 rings (SSSR count). The van der Waals surface area contributed by atoms with E-state index < -0.39 is 0 Å².